The first-order valence-corrected chi connectivity index (χ1v) is 8.56. The summed E-state index contributed by atoms with van der Waals surface area (Å²) in [5.74, 6) is 0.156. The molecule has 2 fully saturated rings. The summed E-state index contributed by atoms with van der Waals surface area (Å²) in [5, 5.41) is 12.9. The lowest BCUT2D eigenvalue weighted by molar-refractivity contribution is -0.135. The molecule has 2 N–H and O–H groups in total. The largest absolute Gasteiger partial charge is 0.390 e. The van der Waals surface area contributed by atoms with E-state index in [1.54, 1.807) is 0 Å². The molecule has 0 aromatic heterocycles. The van der Waals surface area contributed by atoms with Crippen molar-refractivity contribution in [1.82, 2.24) is 15.1 Å². The second-order valence-electron chi connectivity index (χ2n) is 6.42. The van der Waals surface area contributed by atoms with Gasteiger partial charge in [0.05, 0.1) is 6.10 Å². The summed E-state index contributed by atoms with van der Waals surface area (Å²) in [4.78, 5) is 27.8. The number of aliphatic hydroxyl groups excluding tert-OH is 1. The predicted molar refractivity (Wildman–Crippen MR) is 84.3 cm³/mol. The van der Waals surface area contributed by atoms with Crippen LogP contribution in [0.4, 0.5) is 0 Å². The molecule has 2 heterocycles. The Kier molecular flexibility index (Phi) is 6.64. The van der Waals surface area contributed by atoms with E-state index in [-0.39, 0.29) is 17.7 Å². The summed E-state index contributed by atoms with van der Waals surface area (Å²) in [5.41, 5.74) is 0. The first kappa shape index (κ1) is 17.2. The lowest BCUT2D eigenvalue weighted by atomic mass is 9.95. The maximum atomic E-state index is 12.1. The summed E-state index contributed by atoms with van der Waals surface area (Å²) in [6, 6.07) is 0. The second-order valence-corrected chi connectivity index (χ2v) is 6.42. The average molecular weight is 311 g/mol. The van der Waals surface area contributed by atoms with Crippen molar-refractivity contribution in [3.8, 4) is 0 Å². The Hall–Kier alpha value is -1.14. The van der Waals surface area contributed by atoms with Crippen molar-refractivity contribution in [3.63, 3.8) is 0 Å². The molecule has 2 aliphatic rings. The number of nitrogens with one attached hydrogen (secondary N) is 1. The minimum absolute atomic E-state index is 0.0177. The zero-order chi connectivity index (χ0) is 15.9. The molecular weight excluding hydrogens is 282 g/mol. The molecule has 0 aromatic carbocycles. The molecule has 2 aliphatic heterocycles. The number of hydrogen-bond acceptors (Lipinski definition) is 4. The van der Waals surface area contributed by atoms with Gasteiger partial charge >= 0.3 is 0 Å². The van der Waals surface area contributed by atoms with Crippen LogP contribution in [0.5, 0.6) is 0 Å². The van der Waals surface area contributed by atoms with Gasteiger partial charge in [-0.3, -0.25) is 9.59 Å². The summed E-state index contributed by atoms with van der Waals surface area (Å²) < 4.78 is 0. The molecule has 6 heteroatoms. The fourth-order valence-corrected chi connectivity index (χ4v) is 3.31. The van der Waals surface area contributed by atoms with Gasteiger partial charge in [-0.05, 0) is 38.8 Å². The van der Waals surface area contributed by atoms with Gasteiger partial charge in [0.1, 0.15) is 0 Å². The number of hydrogen-bond donors (Lipinski definition) is 2. The summed E-state index contributed by atoms with van der Waals surface area (Å²) in [7, 11) is 0. The van der Waals surface area contributed by atoms with Crippen LogP contribution in [-0.2, 0) is 9.59 Å². The van der Waals surface area contributed by atoms with Crippen LogP contribution in [0.15, 0.2) is 0 Å². The highest BCUT2D eigenvalue weighted by molar-refractivity contribution is 5.80. The fraction of sp³-hybridized carbons (Fsp3) is 0.875. The normalized spacial score (nSPS) is 21.8. The van der Waals surface area contributed by atoms with Crippen molar-refractivity contribution in [2.45, 2.75) is 45.1 Å². The van der Waals surface area contributed by atoms with Gasteiger partial charge in [0, 0.05) is 38.5 Å². The minimum atomic E-state index is -0.496. The van der Waals surface area contributed by atoms with Crippen molar-refractivity contribution < 1.29 is 14.7 Å². The zero-order valence-electron chi connectivity index (χ0n) is 13.6. The Balaban J connectivity index is 1.64. The maximum absolute atomic E-state index is 12.1. The molecule has 0 aliphatic carbocycles. The van der Waals surface area contributed by atoms with Crippen molar-refractivity contribution in [2.75, 3.05) is 39.3 Å². The maximum Gasteiger partial charge on any atom is 0.223 e. The lowest BCUT2D eigenvalue weighted by Crippen LogP contribution is -2.45. The highest BCUT2D eigenvalue weighted by Crippen LogP contribution is 2.18. The van der Waals surface area contributed by atoms with Crippen molar-refractivity contribution >= 4 is 11.8 Å². The highest BCUT2D eigenvalue weighted by Gasteiger charge is 2.27. The number of rotatable bonds is 6. The molecule has 0 bridgehead atoms. The monoisotopic (exact) mass is 311 g/mol. The predicted octanol–water partition coefficient (Wildman–Crippen LogP) is 0.208. The van der Waals surface area contributed by atoms with Gasteiger partial charge in [-0.15, -0.1) is 0 Å². The molecule has 2 saturated heterocycles. The molecule has 2 amide bonds. The third-order valence-corrected chi connectivity index (χ3v) is 4.70. The van der Waals surface area contributed by atoms with Crippen LogP contribution in [0.1, 0.15) is 39.0 Å². The van der Waals surface area contributed by atoms with E-state index in [0.717, 1.165) is 25.9 Å². The number of likely N-dealkylation sites (tertiary alicyclic amines) is 2. The molecule has 0 aromatic rings. The summed E-state index contributed by atoms with van der Waals surface area (Å²) in [6.07, 6.45) is 3.88. The van der Waals surface area contributed by atoms with Gasteiger partial charge in [-0.25, -0.2) is 0 Å². The van der Waals surface area contributed by atoms with E-state index in [0.29, 0.717) is 32.6 Å². The minimum Gasteiger partial charge on any atom is -0.390 e. The van der Waals surface area contributed by atoms with Crippen LogP contribution in [0.3, 0.4) is 0 Å². The SMILES string of the molecule is CCC(=O)N1CCC(C(=O)NCC(O)CN2CCCC2)CC1. The topological polar surface area (TPSA) is 72.9 Å². The van der Waals surface area contributed by atoms with Gasteiger partial charge < -0.3 is 20.2 Å². The van der Waals surface area contributed by atoms with Gasteiger partial charge in [-0.1, -0.05) is 6.92 Å². The zero-order valence-corrected chi connectivity index (χ0v) is 13.6. The van der Waals surface area contributed by atoms with Crippen molar-refractivity contribution in [2.24, 2.45) is 5.92 Å². The highest BCUT2D eigenvalue weighted by atomic mass is 16.3. The van der Waals surface area contributed by atoms with Gasteiger partial charge in [-0.2, -0.15) is 0 Å². The molecule has 6 nitrogen and oxygen atoms in total. The quantitative estimate of drug-likeness (QED) is 0.735. The van der Waals surface area contributed by atoms with E-state index >= 15 is 0 Å². The lowest BCUT2D eigenvalue weighted by Gasteiger charge is -2.31. The Morgan fingerprint density at radius 3 is 2.41 bits per heavy atom. The molecule has 0 radical (unpaired) electrons. The smallest absolute Gasteiger partial charge is 0.223 e. The average Bonchev–Trinajstić information content (AvgIpc) is 3.05. The van der Waals surface area contributed by atoms with Crippen molar-refractivity contribution in [1.29, 1.82) is 0 Å². The Morgan fingerprint density at radius 1 is 1.18 bits per heavy atom. The first-order chi connectivity index (χ1) is 10.6. The van der Waals surface area contributed by atoms with Crippen LogP contribution in [0, 0.1) is 5.92 Å². The number of carbonyl (C=O) groups is 2. The number of piperidine rings is 1. The van der Waals surface area contributed by atoms with E-state index < -0.39 is 6.10 Å². The molecule has 0 spiro atoms. The molecular formula is C16H29N3O3. The molecule has 0 saturated carbocycles. The number of carbonyl (C=O) groups excluding carboxylic acids is 2. The molecule has 126 valence electrons. The number of aliphatic hydroxyl groups is 1. The van der Waals surface area contributed by atoms with Gasteiger partial charge in [0.2, 0.25) is 11.8 Å². The van der Waals surface area contributed by atoms with E-state index in [4.69, 9.17) is 0 Å². The number of β-amino-alcohol motifs (C(OH)–C–C–N with tert-alkyl or cyclic N) is 1. The van der Waals surface area contributed by atoms with Crippen LogP contribution < -0.4 is 5.32 Å². The van der Waals surface area contributed by atoms with Gasteiger partial charge in [0.25, 0.3) is 0 Å². The number of amides is 2. The molecule has 22 heavy (non-hydrogen) atoms. The molecule has 2 rings (SSSR count). The molecule has 1 atom stereocenters. The van der Waals surface area contributed by atoms with Crippen LogP contribution in [0.2, 0.25) is 0 Å². The third-order valence-electron chi connectivity index (χ3n) is 4.70. The van der Waals surface area contributed by atoms with E-state index in [1.807, 2.05) is 11.8 Å². The van der Waals surface area contributed by atoms with Crippen LogP contribution in [0.25, 0.3) is 0 Å². The van der Waals surface area contributed by atoms with Gasteiger partial charge in [0.15, 0.2) is 0 Å². The Labute approximate surface area is 132 Å². The fourth-order valence-electron chi connectivity index (χ4n) is 3.31. The standard InChI is InChI=1S/C16H29N3O3/c1-2-15(21)19-9-5-13(6-10-19)16(22)17-11-14(20)12-18-7-3-4-8-18/h13-14,20H,2-12H2,1H3,(H,17,22). The summed E-state index contributed by atoms with van der Waals surface area (Å²) >= 11 is 0. The van der Waals surface area contributed by atoms with Crippen LogP contribution in [-0.4, -0.2) is 72.1 Å². The second kappa shape index (κ2) is 8.48. The number of nitrogens with zero attached hydrogens (tertiary/aromatic N) is 2. The first-order valence-electron chi connectivity index (χ1n) is 8.56. The summed E-state index contributed by atoms with van der Waals surface area (Å²) in [6.45, 7) is 6.27. The third kappa shape index (κ3) is 4.95. The Bertz CT molecular complexity index is 375. The van der Waals surface area contributed by atoms with Crippen LogP contribution >= 0.6 is 0 Å². The van der Waals surface area contributed by atoms with Crippen molar-refractivity contribution in [3.05, 3.63) is 0 Å². The molecule has 1 unspecified atom stereocenters. The Morgan fingerprint density at radius 2 is 1.82 bits per heavy atom. The van der Waals surface area contributed by atoms with E-state index in [9.17, 15) is 14.7 Å². The van der Waals surface area contributed by atoms with E-state index in [1.165, 1.54) is 12.8 Å². The van der Waals surface area contributed by atoms with E-state index in [2.05, 4.69) is 10.2 Å².